The van der Waals surface area contributed by atoms with E-state index in [1.165, 1.54) is 12.8 Å². The lowest BCUT2D eigenvalue weighted by Gasteiger charge is -2.32. The molecule has 0 unspecified atom stereocenters. The number of aromatic nitrogens is 2. The molecule has 1 aliphatic heterocycles. The maximum absolute atomic E-state index is 11.7. The van der Waals surface area contributed by atoms with Gasteiger partial charge in [-0.15, -0.1) is 6.58 Å². The molecule has 1 amide bonds. The zero-order valence-corrected chi connectivity index (χ0v) is 14.1. The number of piperidine rings is 1. The zero-order chi connectivity index (χ0) is 16.8. The van der Waals surface area contributed by atoms with Crippen LogP contribution >= 0.6 is 0 Å². The normalized spacial score (nSPS) is 18.6. The molecule has 5 heteroatoms. The van der Waals surface area contributed by atoms with Crippen molar-refractivity contribution < 1.29 is 4.79 Å². The minimum atomic E-state index is 0.106. The number of amides is 1. The average molecular weight is 326 g/mol. The Labute approximate surface area is 143 Å². The Hall–Kier alpha value is -2.14. The van der Waals surface area contributed by atoms with E-state index in [0.29, 0.717) is 18.9 Å². The molecule has 0 bridgehead atoms. The van der Waals surface area contributed by atoms with Crippen LogP contribution in [0.15, 0.2) is 36.9 Å². The monoisotopic (exact) mass is 326 g/mol. The number of H-pyrrole nitrogens is 1. The Bertz CT molecular complexity index is 660. The maximum atomic E-state index is 11.7. The van der Waals surface area contributed by atoms with Gasteiger partial charge in [-0.1, -0.05) is 18.2 Å². The van der Waals surface area contributed by atoms with Crippen molar-refractivity contribution in [3.05, 3.63) is 42.7 Å². The van der Waals surface area contributed by atoms with Gasteiger partial charge in [0.25, 0.3) is 0 Å². The van der Waals surface area contributed by atoms with E-state index in [1.54, 1.807) is 6.08 Å². The van der Waals surface area contributed by atoms with Gasteiger partial charge in [0.15, 0.2) is 0 Å². The molecule has 5 nitrogen and oxygen atoms in total. The first-order chi connectivity index (χ1) is 11.7. The van der Waals surface area contributed by atoms with E-state index in [9.17, 15) is 4.79 Å². The topological polar surface area (TPSA) is 61.0 Å². The van der Waals surface area contributed by atoms with E-state index in [0.717, 1.165) is 42.9 Å². The summed E-state index contributed by atoms with van der Waals surface area (Å²) in [7, 11) is 0. The molecule has 2 heterocycles. The molecule has 0 radical (unpaired) electrons. The summed E-state index contributed by atoms with van der Waals surface area (Å²) in [6.45, 7) is 7.13. The molecule has 1 aliphatic rings. The van der Waals surface area contributed by atoms with Crippen molar-refractivity contribution in [1.82, 2.24) is 20.2 Å². The molecule has 2 N–H and O–H groups in total. The molecule has 0 aliphatic carbocycles. The number of aromatic amines is 1. The van der Waals surface area contributed by atoms with Gasteiger partial charge in [0.1, 0.15) is 5.82 Å². The highest BCUT2D eigenvalue weighted by atomic mass is 16.1. The molecule has 2 aromatic rings. The molecule has 1 fully saturated rings. The fourth-order valence-corrected chi connectivity index (χ4v) is 3.43. The molecule has 1 aromatic heterocycles. The average Bonchev–Trinajstić information content (AvgIpc) is 3.00. The summed E-state index contributed by atoms with van der Waals surface area (Å²) in [5.41, 5.74) is 2.15. The van der Waals surface area contributed by atoms with E-state index < -0.39 is 0 Å². The van der Waals surface area contributed by atoms with E-state index in [-0.39, 0.29) is 5.91 Å². The molecule has 1 atom stereocenters. The fourth-order valence-electron chi connectivity index (χ4n) is 3.43. The number of carbonyl (C=O) groups excluding carboxylic acids is 1. The second-order valence-electron chi connectivity index (χ2n) is 6.56. The van der Waals surface area contributed by atoms with Crippen LogP contribution in [0.1, 0.15) is 25.1 Å². The van der Waals surface area contributed by atoms with Crippen LogP contribution in [0.3, 0.4) is 0 Å². The smallest absolute Gasteiger partial charge is 0.221 e. The number of fused-ring (bicyclic) bond motifs is 1. The Balaban J connectivity index is 1.50. The second-order valence-corrected chi connectivity index (χ2v) is 6.56. The van der Waals surface area contributed by atoms with Crippen LogP contribution in [0.5, 0.6) is 0 Å². The van der Waals surface area contributed by atoms with Gasteiger partial charge in [0.2, 0.25) is 5.91 Å². The molecule has 128 valence electrons. The number of nitrogens with zero attached hydrogens (tertiary/aromatic N) is 2. The van der Waals surface area contributed by atoms with Crippen LogP contribution in [0.2, 0.25) is 0 Å². The number of hydrogen-bond acceptors (Lipinski definition) is 3. The fraction of sp³-hybridized carbons (Fsp3) is 0.474. The molecule has 0 saturated carbocycles. The standard InChI is InChI=1S/C19H26N4O/c1-2-10-20-19(24)9-12-23-11-5-6-15(14-23)13-18-21-16-7-3-4-8-17(16)22-18/h2-4,7-8,15H,1,5-6,9-14H2,(H,20,24)(H,21,22)/t15-/m1/s1. The first-order valence-electron chi connectivity index (χ1n) is 8.78. The Kier molecular flexibility index (Phi) is 5.64. The molecule has 3 rings (SSSR count). The van der Waals surface area contributed by atoms with Crippen LogP contribution < -0.4 is 5.32 Å². The van der Waals surface area contributed by atoms with E-state index in [2.05, 4.69) is 27.8 Å². The van der Waals surface area contributed by atoms with E-state index in [1.807, 2.05) is 18.2 Å². The van der Waals surface area contributed by atoms with Crippen molar-refractivity contribution in [2.24, 2.45) is 5.92 Å². The van der Waals surface area contributed by atoms with Crippen molar-refractivity contribution in [2.45, 2.75) is 25.7 Å². The van der Waals surface area contributed by atoms with Crippen molar-refractivity contribution in [3.63, 3.8) is 0 Å². The third-order valence-corrected chi connectivity index (χ3v) is 4.62. The predicted molar refractivity (Wildman–Crippen MR) is 96.8 cm³/mol. The molecule has 24 heavy (non-hydrogen) atoms. The van der Waals surface area contributed by atoms with Gasteiger partial charge in [-0.2, -0.15) is 0 Å². The van der Waals surface area contributed by atoms with Crippen LogP contribution in [0, 0.1) is 5.92 Å². The zero-order valence-electron chi connectivity index (χ0n) is 14.1. The van der Waals surface area contributed by atoms with Crippen LogP contribution in [0.25, 0.3) is 11.0 Å². The third kappa shape index (κ3) is 4.45. The minimum absolute atomic E-state index is 0.106. The van der Waals surface area contributed by atoms with Gasteiger partial charge in [-0.25, -0.2) is 4.98 Å². The Morgan fingerprint density at radius 3 is 3.17 bits per heavy atom. The van der Waals surface area contributed by atoms with Crippen LogP contribution in [-0.4, -0.2) is 47.0 Å². The van der Waals surface area contributed by atoms with E-state index >= 15 is 0 Å². The minimum Gasteiger partial charge on any atom is -0.353 e. The summed E-state index contributed by atoms with van der Waals surface area (Å²) in [5, 5.41) is 2.84. The number of imidazole rings is 1. The first kappa shape index (κ1) is 16.7. The summed E-state index contributed by atoms with van der Waals surface area (Å²) in [6, 6.07) is 8.17. The van der Waals surface area contributed by atoms with Crippen molar-refractivity contribution in [3.8, 4) is 0 Å². The number of benzene rings is 1. The highest BCUT2D eigenvalue weighted by Gasteiger charge is 2.21. The first-order valence-corrected chi connectivity index (χ1v) is 8.78. The summed E-state index contributed by atoms with van der Waals surface area (Å²) in [4.78, 5) is 22.2. The van der Waals surface area contributed by atoms with Crippen molar-refractivity contribution in [2.75, 3.05) is 26.2 Å². The lowest BCUT2D eigenvalue weighted by atomic mass is 9.94. The number of nitrogens with one attached hydrogen (secondary N) is 2. The quantitative estimate of drug-likeness (QED) is 0.769. The predicted octanol–water partition coefficient (Wildman–Crippen LogP) is 2.51. The summed E-state index contributed by atoms with van der Waals surface area (Å²) in [6.07, 6.45) is 5.68. The van der Waals surface area contributed by atoms with Gasteiger partial charge in [0, 0.05) is 32.5 Å². The van der Waals surface area contributed by atoms with Crippen molar-refractivity contribution in [1.29, 1.82) is 0 Å². The maximum Gasteiger partial charge on any atom is 0.221 e. The number of rotatable bonds is 7. The van der Waals surface area contributed by atoms with Gasteiger partial charge in [-0.3, -0.25) is 4.79 Å². The Morgan fingerprint density at radius 2 is 2.33 bits per heavy atom. The highest BCUT2D eigenvalue weighted by molar-refractivity contribution is 5.76. The highest BCUT2D eigenvalue weighted by Crippen LogP contribution is 2.21. The van der Waals surface area contributed by atoms with Crippen LogP contribution in [0.4, 0.5) is 0 Å². The third-order valence-electron chi connectivity index (χ3n) is 4.62. The lowest BCUT2D eigenvalue weighted by Crippen LogP contribution is -2.38. The van der Waals surface area contributed by atoms with Crippen LogP contribution in [-0.2, 0) is 11.2 Å². The van der Waals surface area contributed by atoms with E-state index in [4.69, 9.17) is 4.98 Å². The largest absolute Gasteiger partial charge is 0.353 e. The number of likely N-dealkylation sites (tertiary alicyclic amines) is 1. The SMILES string of the molecule is C=CCNC(=O)CCN1CCC[C@H](Cc2nc3ccccc3[nH]2)C1. The number of para-hydroxylation sites is 2. The van der Waals surface area contributed by atoms with Gasteiger partial charge in [-0.05, 0) is 37.4 Å². The summed E-state index contributed by atoms with van der Waals surface area (Å²) in [5.74, 6) is 1.79. The summed E-state index contributed by atoms with van der Waals surface area (Å²) >= 11 is 0. The lowest BCUT2D eigenvalue weighted by molar-refractivity contribution is -0.121. The second kappa shape index (κ2) is 8.11. The molecule has 1 aromatic carbocycles. The van der Waals surface area contributed by atoms with Gasteiger partial charge < -0.3 is 15.2 Å². The van der Waals surface area contributed by atoms with Gasteiger partial charge >= 0.3 is 0 Å². The molecule has 1 saturated heterocycles. The number of carbonyl (C=O) groups is 1. The molecular formula is C19H26N4O. The molecule has 0 spiro atoms. The Morgan fingerprint density at radius 1 is 1.46 bits per heavy atom. The van der Waals surface area contributed by atoms with Gasteiger partial charge in [0.05, 0.1) is 11.0 Å². The van der Waals surface area contributed by atoms with Crippen molar-refractivity contribution >= 4 is 16.9 Å². The number of hydrogen-bond donors (Lipinski definition) is 2. The summed E-state index contributed by atoms with van der Waals surface area (Å²) < 4.78 is 0. The molecular weight excluding hydrogens is 300 g/mol.